The first-order valence-corrected chi connectivity index (χ1v) is 7.33. The number of sulfonamides is 1. The minimum Gasteiger partial charge on any atom is -0.481 e. The van der Waals surface area contributed by atoms with Crippen molar-refractivity contribution in [1.82, 2.24) is 15.0 Å². The van der Waals surface area contributed by atoms with Crippen LogP contribution in [-0.2, 0) is 16.6 Å². The molecule has 0 unspecified atom stereocenters. The summed E-state index contributed by atoms with van der Waals surface area (Å²) in [4.78, 5) is 3.96. The molecule has 0 saturated carbocycles. The van der Waals surface area contributed by atoms with E-state index in [0.29, 0.717) is 18.8 Å². The summed E-state index contributed by atoms with van der Waals surface area (Å²) in [5.41, 5.74) is 0.819. The second-order valence-electron chi connectivity index (χ2n) is 3.80. The Morgan fingerprint density at radius 3 is 2.89 bits per heavy atom. The van der Waals surface area contributed by atoms with E-state index in [1.165, 1.54) is 7.11 Å². The van der Waals surface area contributed by atoms with Gasteiger partial charge >= 0.3 is 0 Å². The second-order valence-corrected chi connectivity index (χ2v) is 5.73. The maximum absolute atomic E-state index is 11.6. The molecule has 0 aliphatic heterocycles. The van der Waals surface area contributed by atoms with Crippen LogP contribution in [0.15, 0.2) is 18.3 Å². The quantitative estimate of drug-likeness (QED) is 0.658. The Balaban J connectivity index is 2.48. The average Bonchev–Trinajstić information content (AvgIpc) is 2.37. The van der Waals surface area contributed by atoms with Gasteiger partial charge in [0, 0.05) is 18.8 Å². The Kier molecular flexibility index (Phi) is 6.03. The lowest BCUT2D eigenvalue weighted by molar-refractivity contribution is 0.397. The van der Waals surface area contributed by atoms with Crippen LogP contribution < -0.4 is 14.8 Å². The zero-order valence-corrected chi connectivity index (χ0v) is 11.5. The van der Waals surface area contributed by atoms with Crippen LogP contribution in [0.25, 0.3) is 0 Å². The zero-order valence-electron chi connectivity index (χ0n) is 10.6. The van der Waals surface area contributed by atoms with Gasteiger partial charge in [-0.05, 0) is 31.6 Å². The molecule has 1 rings (SSSR count). The number of nitrogens with zero attached hydrogens (tertiary/aromatic N) is 1. The lowest BCUT2D eigenvalue weighted by atomic mass is 10.3. The summed E-state index contributed by atoms with van der Waals surface area (Å²) < 4.78 is 30.8. The Bertz CT molecular complexity index is 462. The monoisotopic (exact) mass is 273 g/mol. The van der Waals surface area contributed by atoms with Crippen molar-refractivity contribution < 1.29 is 13.2 Å². The SMILES string of the molecule is CNCCCS(=O)(=O)NCc1ccnc(OC)c1. The van der Waals surface area contributed by atoms with Crippen molar-refractivity contribution in [3.05, 3.63) is 23.9 Å². The number of rotatable bonds is 8. The van der Waals surface area contributed by atoms with Gasteiger partial charge in [-0.3, -0.25) is 0 Å². The number of hydrogen-bond acceptors (Lipinski definition) is 5. The third-order valence-electron chi connectivity index (χ3n) is 2.34. The maximum Gasteiger partial charge on any atom is 0.213 e. The fraction of sp³-hybridized carbons (Fsp3) is 0.545. The average molecular weight is 273 g/mol. The molecule has 7 heteroatoms. The van der Waals surface area contributed by atoms with Crippen molar-refractivity contribution in [2.45, 2.75) is 13.0 Å². The molecular weight excluding hydrogens is 254 g/mol. The van der Waals surface area contributed by atoms with Crippen LogP contribution >= 0.6 is 0 Å². The molecule has 1 aromatic rings. The topological polar surface area (TPSA) is 80.3 Å². The van der Waals surface area contributed by atoms with E-state index < -0.39 is 10.0 Å². The molecule has 0 amide bonds. The first kappa shape index (κ1) is 14.9. The predicted molar refractivity (Wildman–Crippen MR) is 70.0 cm³/mol. The van der Waals surface area contributed by atoms with E-state index >= 15 is 0 Å². The molecule has 0 atom stereocenters. The highest BCUT2D eigenvalue weighted by Gasteiger charge is 2.09. The Labute approximate surface area is 108 Å². The summed E-state index contributed by atoms with van der Waals surface area (Å²) in [5, 5.41) is 2.91. The Morgan fingerprint density at radius 1 is 1.44 bits per heavy atom. The maximum atomic E-state index is 11.6. The number of aromatic nitrogens is 1. The van der Waals surface area contributed by atoms with Gasteiger partial charge in [-0.2, -0.15) is 0 Å². The molecule has 0 aromatic carbocycles. The summed E-state index contributed by atoms with van der Waals surface area (Å²) in [6.07, 6.45) is 2.18. The molecule has 1 heterocycles. The van der Waals surface area contributed by atoms with E-state index in [-0.39, 0.29) is 12.3 Å². The molecule has 0 spiro atoms. The van der Waals surface area contributed by atoms with Crippen LogP contribution in [0.1, 0.15) is 12.0 Å². The Morgan fingerprint density at radius 2 is 2.22 bits per heavy atom. The van der Waals surface area contributed by atoms with E-state index in [4.69, 9.17) is 4.74 Å². The zero-order chi connectivity index (χ0) is 13.4. The van der Waals surface area contributed by atoms with Gasteiger partial charge in [-0.25, -0.2) is 18.1 Å². The van der Waals surface area contributed by atoms with Gasteiger partial charge in [0.1, 0.15) is 0 Å². The van der Waals surface area contributed by atoms with Crippen molar-refractivity contribution in [3.8, 4) is 5.88 Å². The van der Waals surface area contributed by atoms with Crippen molar-refractivity contribution in [1.29, 1.82) is 0 Å². The number of hydrogen-bond donors (Lipinski definition) is 2. The van der Waals surface area contributed by atoms with E-state index in [1.807, 2.05) is 0 Å². The van der Waals surface area contributed by atoms with Crippen LogP contribution in [-0.4, -0.2) is 39.9 Å². The molecule has 6 nitrogen and oxygen atoms in total. The molecule has 0 aliphatic rings. The van der Waals surface area contributed by atoms with Crippen LogP contribution in [0, 0.1) is 0 Å². The van der Waals surface area contributed by atoms with Crippen molar-refractivity contribution in [3.63, 3.8) is 0 Å². The van der Waals surface area contributed by atoms with Crippen molar-refractivity contribution >= 4 is 10.0 Å². The summed E-state index contributed by atoms with van der Waals surface area (Å²) in [6, 6.07) is 3.45. The van der Waals surface area contributed by atoms with Gasteiger partial charge in [-0.15, -0.1) is 0 Å². The van der Waals surface area contributed by atoms with E-state index in [0.717, 1.165) is 5.56 Å². The molecule has 0 saturated heterocycles. The highest BCUT2D eigenvalue weighted by molar-refractivity contribution is 7.89. The number of nitrogens with one attached hydrogen (secondary N) is 2. The van der Waals surface area contributed by atoms with Gasteiger partial charge in [0.05, 0.1) is 12.9 Å². The summed E-state index contributed by atoms with van der Waals surface area (Å²) >= 11 is 0. The standard InChI is InChI=1S/C11H19N3O3S/c1-12-5-3-7-18(15,16)14-9-10-4-6-13-11(8-10)17-2/h4,6,8,12,14H,3,5,7,9H2,1-2H3. The van der Waals surface area contributed by atoms with Gasteiger partial charge in [-0.1, -0.05) is 0 Å². The molecule has 0 aliphatic carbocycles. The molecule has 0 radical (unpaired) electrons. The smallest absolute Gasteiger partial charge is 0.213 e. The fourth-order valence-electron chi connectivity index (χ4n) is 1.38. The number of ether oxygens (including phenoxy) is 1. The summed E-state index contributed by atoms with van der Waals surface area (Å²) in [5.74, 6) is 0.595. The van der Waals surface area contributed by atoms with Crippen LogP contribution in [0.3, 0.4) is 0 Å². The van der Waals surface area contributed by atoms with E-state index in [2.05, 4.69) is 15.0 Å². The second kappa shape index (κ2) is 7.30. The van der Waals surface area contributed by atoms with Crippen molar-refractivity contribution in [2.24, 2.45) is 0 Å². The first-order valence-electron chi connectivity index (χ1n) is 5.68. The molecule has 2 N–H and O–H groups in total. The fourth-order valence-corrected chi connectivity index (χ4v) is 2.43. The van der Waals surface area contributed by atoms with Gasteiger partial charge in [0.15, 0.2) is 0 Å². The predicted octanol–water partition coefficient (Wildman–Crippen LogP) is 0.119. The Hall–Kier alpha value is -1.18. The lowest BCUT2D eigenvalue weighted by Crippen LogP contribution is -2.27. The minimum absolute atomic E-state index is 0.121. The van der Waals surface area contributed by atoms with E-state index in [9.17, 15) is 8.42 Å². The van der Waals surface area contributed by atoms with Crippen LogP contribution in [0.2, 0.25) is 0 Å². The molecule has 1 aromatic heterocycles. The summed E-state index contributed by atoms with van der Waals surface area (Å²) in [7, 11) is 0.0940. The van der Waals surface area contributed by atoms with Crippen LogP contribution in [0.5, 0.6) is 5.88 Å². The van der Waals surface area contributed by atoms with Gasteiger partial charge in [0.2, 0.25) is 15.9 Å². The van der Waals surface area contributed by atoms with Crippen LogP contribution in [0.4, 0.5) is 0 Å². The highest BCUT2D eigenvalue weighted by atomic mass is 32.2. The van der Waals surface area contributed by atoms with Gasteiger partial charge < -0.3 is 10.1 Å². The van der Waals surface area contributed by atoms with E-state index in [1.54, 1.807) is 25.4 Å². The molecular formula is C11H19N3O3S. The molecule has 102 valence electrons. The number of pyridine rings is 1. The number of methoxy groups -OCH3 is 1. The third kappa shape index (κ3) is 5.44. The molecule has 0 fully saturated rings. The highest BCUT2D eigenvalue weighted by Crippen LogP contribution is 2.08. The third-order valence-corrected chi connectivity index (χ3v) is 3.75. The lowest BCUT2D eigenvalue weighted by Gasteiger charge is -2.07. The first-order chi connectivity index (χ1) is 8.57. The summed E-state index contributed by atoms with van der Waals surface area (Å²) in [6.45, 7) is 0.935. The minimum atomic E-state index is -3.22. The molecule has 0 bridgehead atoms. The normalized spacial score (nSPS) is 11.4. The molecule has 18 heavy (non-hydrogen) atoms. The van der Waals surface area contributed by atoms with Gasteiger partial charge in [0.25, 0.3) is 0 Å². The largest absolute Gasteiger partial charge is 0.481 e. The van der Waals surface area contributed by atoms with Crippen molar-refractivity contribution in [2.75, 3.05) is 26.5 Å².